The van der Waals surface area contributed by atoms with Crippen LogP contribution in [0.3, 0.4) is 0 Å². The molecule has 0 spiro atoms. The Labute approximate surface area is 92.7 Å². The van der Waals surface area contributed by atoms with Crippen LogP contribution in [0.25, 0.3) is 10.8 Å². The van der Waals surface area contributed by atoms with Crippen molar-refractivity contribution in [1.29, 1.82) is 0 Å². The van der Waals surface area contributed by atoms with Gasteiger partial charge in [0.05, 0.1) is 0 Å². The summed E-state index contributed by atoms with van der Waals surface area (Å²) in [5.74, 6) is 0.959. The van der Waals surface area contributed by atoms with Crippen LogP contribution in [0, 0.1) is 0 Å². The molecule has 0 bridgehead atoms. The molecule has 1 saturated heterocycles. The quantitative estimate of drug-likeness (QED) is 0.738. The minimum absolute atomic E-state index is 0.481. The average molecular weight is 220 g/mol. The number of fused-ring (bicyclic) bond motifs is 1. The molecule has 0 saturated carbocycles. The van der Waals surface area contributed by atoms with E-state index in [4.69, 9.17) is 11.6 Å². The molecule has 0 aliphatic carbocycles. The lowest BCUT2D eigenvalue weighted by Gasteiger charge is -2.32. The van der Waals surface area contributed by atoms with Gasteiger partial charge in [0.25, 0.3) is 0 Å². The summed E-state index contributed by atoms with van der Waals surface area (Å²) >= 11 is 6.00. The first-order chi connectivity index (χ1) is 7.36. The molecule has 0 radical (unpaired) electrons. The van der Waals surface area contributed by atoms with E-state index in [9.17, 15) is 0 Å². The molecular weight excluding hydrogens is 210 g/mol. The van der Waals surface area contributed by atoms with Gasteiger partial charge in [0.1, 0.15) is 0 Å². The number of hydrogen-bond donors (Lipinski definition) is 0. The van der Waals surface area contributed by atoms with Crippen molar-refractivity contribution in [1.82, 2.24) is 10.2 Å². The standard InChI is InChI=1S/C11H10ClN3/c12-10-8-4-1-2-5-9(8)11(14-13-10)15-6-3-7-15/h1-2,4-5H,3,6-7H2. The summed E-state index contributed by atoms with van der Waals surface area (Å²) in [6.07, 6.45) is 1.23. The molecule has 1 aromatic carbocycles. The van der Waals surface area contributed by atoms with Crippen LogP contribution in [0.1, 0.15) is 6.42 Å². The molecule has 0 N–H and O–H groups in total. The smallest absolute Gasteiger partial charge is 0.159 e. The van der Waals surface area contributed by atoms with Gasteiger partial charge in [0.15, 0.2) is 11.0 Å². The number of halogens is 1. The molecule has 3 rings (SSSR count). The molecule has 1 aliphatic rings. The monoisotopic (exact) mass is 219 g/mol. The highest BCUT2D eigenvalue weighted by Crippen LogP contribution is 2.29. The highest BCUT2D eigenvalue weighted by molar-refractivity contribution is 6.34. The zero-order chi connectivity index (χ0) is 10.3. The van der Waals surface area contributed by atoms with Gasteiger partial charge in [-0.15, -0.1) is 10.2 Å². The number of aromatic nitrogens is 2. The predicted octanol–water partition coefficient (Wildman–Crippen LogP) is 2.49. The Morgan fingerprint density at radius 3 is 2.47 bits per heavy atom. The molecule has 0 amide bonds. The second kappa shape index (κ2) is 3.35. The number of nitrogens with zero attached hydrogens (tertiary/aromatic N) is 3. The van der Waals surface area contributed by atoms with E-state index < -0.39 is 0 Å². The van der Waals surface area contributed by atoms with Gasteiger partial charge in [-0.05, 0) is 6.42 Å². The lowest BCUT2D eigenvalue weighted by Crippen LogP contribution is -2.37. The Morgan fingerprint density at radius 1 is 1.07 bits per heavy atom. The first kappa shape index (κ1) is 8.92. The van der Waals surface area contributed by atoms with E-state index in [1.165, 1.54) is 6.42 Å². The Bertz CT molecular complexity index is 508. The van der Waals surface area contributed by atoms with E-state index in [1.807, 2.05) is 24.3 Å². The molecule has 1 fully saturated rings. The van der Waals surface area contributed by atoms with Crippen LogP contribution >= 0.6 is 11.6 Å². The lowest BCUT2D eigenvalue weighted by atomic mass is 10.1. The number of hydrogen-bond acceptors (Lipinski definition) is 3. The van der Waals surface area contributed by atoms with Gasteiger partial charge in [0, 0.05) is 23.9 Å². The van der Waals surface area contributed by atoms with Gasteiger partial charge < -0.3 is 4.90 Å². The second-order valence-corrected chi connectivity index (χ2v) is 4.06. The SMILES string of the molecule is Clc1nnc(N2CCC2)c2ccccc12. The predicted molar refractivity (Wildman–Crippen MR) is 61.4 cm³/mol. The molecule has 0 atom stereocenters. The Kier molecular flexibility index (Phi) is 1.99. The molecule has 1 aromatic heterocycles. The van der Waals surface area contributed by atoms with Gasteiger partial charge in [-0.1, -0.05) is 35.9 Å². The third-order valence-electron chi connectivity index (χ3n) is 2.78. The summed E-state index contributed by atoms with van der Waals surface area (Å²) in [6.45, 7) is 2.14. The zero-order valence-electron chi connectivity index (χ0n) is 8.15. The summed E-state index contributed by atoms with van der Waals surface area (Å²) in [6, 6.07) is 8.00. The number of benzene rings is 1. The number of rotatable bonds is 1. The third-order valence-corrected chi connectivity index (χ3v) is 3.06. The van der Waals surface area contributed by atoms with Gasteiger partial charge in [-0.25, -0.2) is 0 Å². The number of anilines is 1. The second-order valence-electron chi connectivity index (χ2n) is 3.70. The van der Waals surface area contributed by atoms with Crippen molar-refractivity contribution in [2.75, 3.05) is 18.0 Å². The summed E-state index contributed by atoms with van der Waals surface area (Å²) in [7, 11) is 0. The summed E-state index contributed by atoms with van der Waals surface area (Å²) < 4.78 is 0. The minimum atomic E-state index is 0.481. The van der Waals surface area contributed by atoms with Gasteiger partial charge in [0.2, 0.25) is 0 Å². The van der Waals surface area contributed by atoms with Gasteiger partial charge in [-0.2, -0.15) is 0 Å². The van der Waals surface area contributed by atoms with Crippen molar-refractivity contribution in [2.24, 2.45) is 0 Å². The van der Waals surface area contributed by atoms with Crippen LogP contribution in [-0.4, -0.2) is 23.3 Å². The van der Waals surface area contributed by atoms with Crippen LogP contribution in [0.4, 0.5) is 5.82 Å². The van der Waals surface area contributed by atoms with Crippen molar-refractivity contribution in [3.8, 4) is 0 Å². The van der Waals surface area contributed by atoms with Crippen molar-refractivity contribution in [2.45, 2.75) is 6.42 Å². The maximum Gasteiger partial charge on any atom is 0.159 e. The summed E-state index contributed by atoms with van der Waals surface area (Å²) in [5, 5.41) is 10.7. The van der Waals surface area contributed by atoms with Gasteiger partial charge >= 0.3 is 0 Å². The molecule has 2 heterocycles. The molecular formula is C11H10ClN3. The molecule has 0 unspecified atom stereocenters. The minimum Gasteiger partial charge on any atom is -0.354 e. The van der Waals surface area contributed by atoms with Crippen molar-refractivity contribution in [3.63, 3.8) is 0 Å². The fourth-order valence-corrected chi connectivity index (χ4v) is 2.02. The van der Waals surface area contributed by atoms with Crippen molar-refractivity contribution < 1.29 is 0 Å². The first-order valence-electron chi connectivity index (χ1n) is 5.02. The zero-order valence-corrected chi connectivity index (χ0v) is 8.91. The topological polar surface area (TPSA) is 29.0 Å². The van der Waals surface area contributed by atoms with E-state index in [1.54, 1.807) is 0 Å². The Balaban J connectivity index is 2.25. The van der Waals surface area contributed by atoms with Crippen LogP contribution < -0.4 is 4.90 Å². The van der Waals surface area contributed by atoms with E-state index >= 15 is 0 Å². The van der Waals surface area contributed by atoms with E-state index in [0.717, 1.165) is 29.7 Å². The molecule has 15 heavy (non-hydrogen) atoms. The lowest BCUT2D eigenvalue weighted by molar-refractivity contribution is 0.608. The molecule has 1 aliphatic heterocycles. The van der Waals surface area contributed by atoms with E-state index in [2.05, 4.69) is 15.1 Å². The fraction of sp³-hybridized carbons (Fsp3) is 0.273. The molecule has 4 heteroatoms. The van der Waals surface area contributed by atoms with Crippen LogP contribution in [0.15, 0.2) is 24.3 Å². The van der Waals surface area contributed by atoms with Crippen LogP contribution in [0.2, 0.25) is 5.15 Å². The van der Waals surface area contributed by atoms with Crippen molar-refractivity contribution >= 4 is 28.2 Å². The summed E-state index contributed by atoms with van der Waals surface area (Å²) in [5.41, 5.74) is 0. The van der Waals surface area contributed by atoms with Gasteiger partial charge in [-0.3, -0.25) is 0 Å². The normalized spacial score (nSPS) is 15.4. The van der Waals surface area contributed by atoms with Crippen molar-refractivity contribution in [3.05, 3.63) is 29.4 Å². The molecule has 76 valence electrons. The van der Waals surface area contributed by atoms with E-state index in [0.29, 0.717) is 5.15 Å². The van der Waals surface area contributed by atoms with Crippen LogP contribution in [0.5, 0.6) is 0 Å². The molecule has 3 nitrogen and oxygen atoms in total. The van der Waals surface area contributed by atoms with E-state index in [-0.39, 0.29) is 0 Å². The van der Waals surface area contributed by atoms with Crippen LogP contribution in [-0.2, 0) is 0 Å². The third kappa shape index (κ3) is 1.35. The highest BCUT2D eigenvalue weighted by Gasteiger charge is 2.19. The highest BCUT2D eigenvalue weighted by atomic mass is 35.5. The first-order valence-corrected chi connectivity index (χ1v) is 5.40. The largest absolute Gasteiger partial charge is 0.354 e. The fourth-order valence-electron chi connectivity index (χ4n) is 1.82. The maximum atomic E-state index is 6.00. The molecule has 2 aromatic rings. The maximum absolute atomic E-state index is 6.00. The Morgan fingerprint density at radius 2 is 1.80 bits per heavy atom. The Hall–Kier alpha value is -1.35. The average Bonchev–Trinajstić information content (AvgIpc) is 2.20. The summed E-state index contributed by atoms with van der Waals surface area (Å²) in [4.78, 5) is 2.23.